The predicted molar refractivity (Wildman–Crippen MR) is 77.4 cm³/mol. The molecule has 0 aromatic rings. The van der Waals surface area contributed by atoms with Crippen molar-refractivity contribution in [1.82, 2.24) is 10.2 Å². The van der Waals surface area contributed by atoms with Gasteiger partial charge in [0.1, 0.15) is 0 Å². The smallest absolute Gasteiger partial charge is 0.239 e. The summed E-state index contributed by atoms with van der Waals surface area (Å²) in [4.78, 5) is 14.1. The minimum absolute atomic E-state index is 0.0749. The number of hydrogen-bond donors (Lipinski definition) is 2. The van der Waals surface area contributed by atoms with E-state index in [0.717, 1.165) is 18.8 Å². The van der Waals surface area contributed by atoms with Gasteiger partial charge in [-0.25, -0.2) is 0 Å². The third-order valence-corrected chi connectivity index (χ3v) is 4.67. The van der Waals surface area contributed by atoms with Gasteiger partial charge in [0.15, 0.2) is 0 Å². The second-order valence-electron chi connectivity index (χ2n) is 6.28. The van der Waals surface area contributed by atoms with Gasteiger partial charge in [0.2, 0.25) is 5.91 Å². The first kappa shape index (κ1) is 15.7. The van der Waals surface area contributed by atoms with Crippen LogP contribution in [0.4, 0.5) is 0 Å². The molecule has 0 bridgehead atoms. The molecule has 0 aromatic carbocycles. The Morgan fingerprint density at radius 2 is 2.10 bits per heavy atom. The number of methoxy groups -OCH3 is 1. The first-order chi connectivity index (χ1) is 9.61. The number of nitrogens with zero attached hydrogens (tertiary/aromatic N) is 1. The molecule has 5 heteroatoms. The SMILES string of the molecule is COCC(O)CN(C)C(=O)C1CCC2CCCCC2N1. The number of fused-ring (bicyclic) bond motifs is 1. The summed E-state index contributed by atoms with van der Waals surface area (Å²) in [6, 6.07) is 0.442. The lowest BCUT2D eigenvalue weighted by Crippen LogP contribution is -2.55. The predicted octanol–water partition coefficient (Wildman–Crippen LogP) is 0.763. The molecular formula is C15H28N2O3. The van der Waals surface area contributed by atoms with E-state index in [0.29, 0.717) is 12.6 Å². The highest BCUT2D eigenvalue weighted by atomic mass is 16.5. The van der Waals surface area contributed by atoms with Crippen LogP contribution < -0.4 is 5.32 Å². The first-order valence-corrected chi connectivity index (χ1v) is 7.80. The molecule has 5 nitrogen and oxygen atoms in total. The Balaban J connectivity index is 1.83. The van der Waals surface area contributed by atoms with E-state index in [-0.39, 0.29) is 18.6 Å². The van der Waals surface area contributed by atoms with Crippen LogP contribution in [0.1, 0.15) is 38.5 Å². The molecule has 2 aliphatic rings. The van der Waals surface area contributed by atoms with E-state index in [1.807, 2.05) is 0 Å². The molecule has 1 saturated heterocycles. The van der Waals surface area contributed by atoms with Gasteiger partial charge in [0.25, 0.3) is 0 Å². The Kier molecular flexibility index (Phi) is 5.81. The van der Waals surface area contributed by atoms with Crippen molar-refractivity contribution in [3.8, 4) is 0 Å². The zero-order valence-electron chi connectivity index (χ0n) is 12.7. The maximum absolute atomic E-state index is 12.4. The summed E-state index contributed by atoms with van der Waals surface area (Å²) in [6.07, 6.45) is 6.58. The van der Waals surface area contributed by atoms with Crippen molar-refractivity contribution in [1.29, 1.82) is 0 Å². The van der Waals surface area contributed by atoms with Crippen LogP contribution in [-0.4, -0.2) is 61.4 Å². The van der Waals surface area contributed by atoms with Crippen molar-refractivity contribution in [3.05, 3.63) is 0 Å². The van der Waals surface area contributed by atoms with Crippen LogP contribution in [0.3, 0.4) is 0 Å². The lowest BCUT2D eigenvalue weighted by molar-refractivity contribution is -0.135. The van der Waals surface area contributed by atoms with Gasteiger partial charge in [0.05, 0.1) is 18.8 Å². The quantitative estimate of drug-likeness (QED) is 0.782. The molecule has 4 unspecified atom stereocenters. The van der Waals surface area contributed by atoms with Gasteiger partial charge in [0, 0.05) is 26.7 Å². The van der Waals surface area contributed by atoms with Gasteiger partial charge in [-0.2, -0.15) is 0 Å². The van der Waals surface area contributed by atoms with Crippen LogP contribution >= 0.6 is 0 Å². The molecule has 0 spiro atoms. The molecule has 20 heavy (non-hydrogen) atoms. The summed E-state index contributed by atoms with van der Waals surface area (Å²) in [7, 11) is 3.31. The standard InChI is InChI=1S/C15H28N2O3/c1-17(9-12(18)10-20-2)15(19)14-8-7-11-5-3-4-6-13(11)16-14/h11-14,16,18H,3-10H2,1-2H3. The molecule has 2 rings (SSSR count). The Labute approximate surface area is 121 Å². The number of nitrogens with one attached hydrogen (secondary N) is 1. The zero-order chi connectivity index (χ0) is 14.5. The van der Waals surface area contributed by atoms with E-state index in [1.165, 1.54) is 25.7 Å². The number of carbonyl (C=O) groups is 1. The van der Waals surface area contributed by atoms with Crippen molar-refractivity contribution in [2.45, 2.75) is 56.7 Å². The van der Waals surface area contributed by atoms with Crippen molar-refractivity contribution in [2.24, 2.45) is 5.92 Å². The van der Waals surface area contributed by atoms with Crippen molar-refractivity contribution in [2.75, 3.05) is 27.3 Å². The Morgan fingerprint density at radius 1 is 1.35 bits per heavy atom. The minimum Gasteiger partial charge on any atom is -0.389 e. The molecule has 0 aromatic heterocycles. The first-order valence-electron chi connectivity index (χ1n) is 7.80. The lowest BCUT2D eigenvalue weighted by Gasteiger charge is -2.41. The molecule has 116 valence electrons. The summed E-state index contributed by atoms with van der Waals surface area (Å²) in [5.41, 5.74) is 0. The monoisotopic (exact) mass is 284 g/mol. The van der Waals surface area contributed by atoms with Crippen LogP contribution in [0.5, 0.6) is 0 Å². The number of rotatable bonds is 5. The summed E-state index contributed by atoms with van der Waals surface area (Å²) in [6.45, 7) is 0.597. The molecule has 4 atom stereocenters. The average Bonchev–Trinajstić information content (AvgIpc) is 2.46. The van der Waals surface area contributed by atoms with E-state index < -0.39 is 6.10 Å². The number of piperidine rings is 1. The molecule has 2 N–H and O–H groups in total. The van der Waals surface area contributed by atoms with Gasteiger partial charge >= 0.3 is 0 Å². The highest BCUT2D eigenvalue weighted by molar-refractivity contribution is 5.81. The molecule has 1 aliphatic carbocycles. The van der Waals surface area contributed by atoms with E-state index >= 15 is 0 Å². The third-order valence-electron chi connectivity index (χ3n) is 4.67. The van der Waals surface area contributed by atoms with Crippen LogP contribution in [0, 0.1) is 5.92 Å². The average molecular weight is 284 g/mol. The topological polar surface area (TPSA) is 61.8 Å². The van der Waals surface area contributed by atoms with E-state index in [2.05, 4.69) is 5.32 Å². The number of amides is 1. The third kappa shape index (κ3) is 3.93. The van der Waals surface area contributed by atoms with Crippen LogP contribution in [-0.2, 0) is 9.53 Å². The Hall–Kier alpha value is -0.650. The maximum atomic E-state index is 12.4. The highest BCUT2D eigenvalue weighted by Crippen LogP contribution is 2.32. The van der Waals surface area contributed by atoms with Crippen molar-refractivity contribution >= 4 is 5.91 Å². The summed E-state index contributed by atoms with van der Waals surface area (Å²) in [5.74, 6) is 0.862. The molecule has 2 fully saturated rings. The summed E-state index contributed by atoms with van der Waals surface area (Å²) >= 11 is 0. The van der Waals surface area contributed by atoms with Crippen LogP contribution in [0.2, 0.25) is 0 Å². The van der Waals surface area contributed by atoms with Crippen molar-refractivity contribution < 1.29 is 14.6 Å². The zero-order valence-corrected chi connectivity index (χ0v) is 12.7. The van der Waals surface area contributed by atoms with Gasteiger partial charge < -0.3 is 20.1 Å². The largest absolute Gasteiger partial charge is 0.389 e. The summed E-state index contributed by atoms with van der Waals surface area (Å²) in [5, 5.41) is 13.3. The molecule has 1 aliphatic heterocycles. The number of aliphatic hydroxyl groups excluding tert-OH is 1. The van der Waals surface area contributed by atoms with E-state index in [1.54, 1.807) is 19.1 Å². The number of ether oxygens (including phenoxy) is 1. The fraction of sp³-hybridized carbons (Fsp3) is 0.933. The highest BCUT2D eigenvalue weighted by Gasteiger charge is 2.35. The van der Waals surface area contributed by atoms with Crippen LogP contribution in [0.25, 0.3) is 0 Å². The normalized spacial score (nSPS) is 31.4. The second-order valence-corrected chi connectivity index (χ2v) is 6.28. The number of aliphatic hydroxyl groups is 1. The fourth-order valence-electron chi connectivity index (χ4n) is 3.61. The molecular weight excluding hydrogens is 256 g/mol. The molecule has 1 amide bonds. The molecule has 1 heterocycles. The number of carbonyl (C=O) groups excluding carboxylic acids is 1. The van der Waals surface area contributed by atoms with E-state index in [9.17, 15) is 9.90 Å². The Morgan fingerprint density at radius 3 is 2.85 bits per heavy atom. The lowest BCUT2D eigenvalue weighted by atomic mass is 9.77. The fourth-order valence-corrected chi connectivity index (χ4v) is 3.61. The van der Waals surface area contributed by atoms with Crippen LogP contribution in [0.15, 0.2) is 0 Å². The van der Waals surface area contributed by atoms with Gasteiger partial charge in [-0.1, -0.05) is 12.8 Å². The van der Waals surface area contributed by atoms with Gasteiger partial charge in [-0.3, -0.25) is 4.79 Å². The Bertz CT molecular complexity index is 324. The van der Waals surface area contributed by atoms with Gasteiger partial charge in [-0.05, 0) is 31.6 Å². The number of hydrogen-bond acceptors (Lipinski definition) is 4. The number of likely N-dealkylation sites (N-methyl/N-ethyl adjacent to an activating group) is 1. The molecule has 1 saturated carbocycles. The van der Waals surface area contributed by atoms with Crippen molar-refractivity contribution in [3.63, 3.8) is 0 Å². The maximum Gasteiger partial charge on any atom is 0.239 e. The minimum atomic E-state index is -0.611. The second kappa shape index (κ2) is 7.38. The summed E-state index contributed by atoms with van der Waals surface area (Å²) < 4.78 is 4.90. The molecule has 0 radical (unpaired) electrons. The van der Waals surface area contributed by atoms with Gasteiger partial charge in [-0.15, -0.1) is 0 Å². The van der Waals surface area contributed by atoms with E-state index in [4.69, 9.17) is 4.74 Å².